The van der Waals surface area contributed by atoms with Crippen molar-refractivity contribution in [3.63, 3.8) is 0 Å². The van der Waals surface area contributed by atoms with Gasteiger partial charge >= 0.3 is 0 Å². The molecule has 0 fully saturated rings. The summed E-state index contributed by atoms with van der Waals surface area (Å²) in [4.78, 5) is 10.9. The zero-order valence-corrected chi connectivity index (χ0v) is 9.86. The number of aryl methyl sites for hydroxylation is 1. The molecule has 0 aliphatic rings. The quantitative estimate of drug-likeness (QED) is 0.733. The van der Waals surface area contributed by atoms with Crippen molar-refractivity contribution in [2.45, 2.75) is 13.3 Å². The van der Waals surface area contributed by atoms with Crippen LogP contribution in [-0.4, -0.2) is 6.29 Å². The van der Waals surface area contributed by atoms with Gasteiger partial charge in [0.05, 0.1) is 0 Å². The van der Waals surface area contributed by atoms with Crippen LogP contribution in [0.1, 0.15) is 27.9 Å². The standard InChI is InChI=1S/C15H12F2O/c1-10-2-3-13(8-14(10)9-18)11-4-6-12(7-5-11)15(16)17/h2-9,15H,1H3. The Labute approximate surface area is 104 Å². The van der Waals surface area contributed by atoms with Crippen LogP contribution in [0.25, 0.3) is 11.1 Å². The van der Waals surface area contributed by atoms with Crippen LogP contribution >= 0.6 is 0 Å². The fraction of sp³-hybridized carbons (Fsp3) is 0.133. The molecule has 2 aromatic carbocycles. The molecule has 2 aromatic rings. The van der Waals surface area contributed by atoms with E-state index in [2.05, 4.69) is 0 Å². The highest BCUT2D eigenvalue weighted by Crippen LogP contribution is 2.25. The summed E-state index contributed by atoms with van der Waals surface area (Å²) in [5, 5.41) is 0. The molecule has 0 heterocycles. The lowest BCUT2D eigenvalue weighted by atomic mass is 9.99. The Morgan fingerprint density at radius 2 is 1.61 bits per heavy atom. The molecule has 92 valence electrons. The minimum atomic E-state index is -2.46. The fourth-order valence-corrected chi connectivity index (χ4v) is 1.77. The molecular weight excluding hydrogens is 234 g/mol. The molecule has 0 saturated carbocycles. The van der Waals surface area contributed by atoms with Crippen LogP contribution in [0.2, 0.25) is 0 Å². The van der Waals surface area contributed by atoms with Crippen molar-refractivity contribution in [3.8, 4) is 11.1 Å². The molecule has 0 N–H and O–H groups in total. The Morgan fingerprint density at radius 1 is 1.00 bits per heavy atom. The first kappa shape index (κ1) is 12.4. The second-order valence-electron chi connectivity index (χ2n) is 4.11. The average molecular weight is 246 g/mol. The van der Waals surface area contributed by atoms with Crippen molar-refractivity contribution >= 4 is 6.29 Å². The van der Waals surface area contributed by atoms with E-state index < -0.39 is 6.43 Å². The van der Waals surface area contributed by atoms with Gasteiger partial charge in [0.1, 0.15) is 6.29 Å². The van der Waals surface area contributed by atoms with Crippen LogP contribution in [0.5, 0.6) is 0 Å². The van der Waals surface area contributed by atoms with Gasteiger partial charge in [-0.2, -0.15) is 0 Å². The Kier molecular flexibility index (Phi) is 3.51. The van der Waals surface area contributed by atoms with Gasteiger partial charge in [0.25, 0.3) is 6.43 Å². The highest BCUT2D eigenvalue weighted by Gasteiger charge is 2.07. The zero-order valence-electron chi connectivity index (χ0n) is 9.86. The number of halogens is 2. The van der Waals surface area contributed by atoms with Crippen LogP contribution in [0.3, 0.4) is 0 Å². The predicted octanol–water partition coefficient (Wildman–Crippen LogP) is 4.41. The summed E-state index contributed by atoms with van der Waals surface area (Å²) in [5.74, 6) is 0. The van der Waals surface area contributed by atoms with Crippen molar-refractivity contribution in [2.75, 3.05) is 0 Å². The normalized spacial score (nSPS) is 10.7. The highest BCUT2D eigenvalue weighted by molar-refractivity contribution is 5.81. The van der Waals surface area contributed by atoms with E-state index in [1.807, 2.05) is 19.1 Å². The number of aldehydes is 1. The van der Waals surface area contributed by atoms with E-state index in [-0.39, 0.29) is 5.56 Å². The van der Waals surface area contributed by atoms with Crippen molar-refractivity contribution in [3.05, 3.63) is 59.2 Å². The van der Waals surface area contributed by atoms with Crippen molar-refractivity contribution in [2.24, 2.45) is 0 Å². The second-order valence-corrected chi connectivity index (χ2v) is 4.11. The molecule has 0 radical (unpaired) electrons. The van der Waals surface area contributed by atoms with Crippen molar-refractivity contribution in [1.82, 2.24) is 0 Å². The molecular formula is C15H12F2O. The van der Waals surface area contributed by atoms with E-state index in [1.165, 1.54) is 12.1 Å². The monoisotopic (exact) mass is 246 g/mol. The molecule has 1 nitrogen and oxygen atoms in total. The summed E-state index contributed by atoms with van der Waals surface area (Å²) < 4.78 is 24.9. The van der Waals surface area contributed by atoms with Crippen LogP contribution in [0, 0.1) is 6.92 Å². The molecule has 0 aliphatic heterocycles. The van der Waals surface area contributed by atoms with E-state index in [9.17, 15) is 13.6 Å². The lowest BCUT2D eigenvalue weighted by molar-refractivity contribution is 0.112. The number of hydrogen-bond acceptors (Lipinski definition) is 1. The first-order valence-corrected chi connectivity index (χ1v) is 5.56. The second kappa shape index (κ2) is 5.08. The summed E-state index contributed by atoms with van der Waals surface area (Å²) in [6.45, 7) is 1.85. The molecule has 0 saturated heterocycles. The lowest BCUT2D eigenvalue weighted by Gasteiger charge is -2.06. The molecule has 0 bridgehead atoms. The third-order valence-electron chi connectivity index (χ3n) is 2.90. The molecule has 2 rings (SSSR count). The third-order valence-corrected chi connectivity index (χ3v) is 2.90. The van der Waals surface area contributed by atoms with Crippen LogP contribution < -0.4 is 0 Å². The lowest BCUT2D eigenvalue weighted by Crippen LogP contribution is -1.88. The molecule has 0 amide bonds. The number of benzene rings is 2. The molecule has 0 atom stereocenters. The van der Waals surface area contributed by atoms with Gasteiger partial charge in [-0.3, -0.25) is 4.79 Å². The summed E-state index contributed by atoms with van der Waals surface area (Å²) in [6.07, 6.45) is -1.66. The third kappa shape index (κ3) is 2.45. The van der Waals surface area contributed by atoms with E-state index in [4.69, 9.17) is 0 Å². The predicted molar refractivity (Wildman–Crippen MR) is 67.0 cm³/mol. The largest absolute Gasteiger partial charge is 0.298 e. The summed E-state index contributed by atoms with van der Waals surface area (Å²) in [6, 6.07) is 11.6. The first-order valence-electron chi connectivity index (χ1n) is 5.56. The molecule has 3 heteroatoms. The maximum atomic E-state index is 12.4. The first-order chi connectivity index (χ1) is 8.61. The van der Waals surface area contributed by atoms with Crippen molar-refractivity contribution < 1.29 is 13.6 Å². The van der Waals surface area contributed by atoms with Crippen LogP contribution in [0.15, 0.2) is 42.5 Å². The van der Waals surface area contributed by atoms with E-state index in [0.29, 0.717) is 5.56 Å². The Bertz CT molecular complexity index is 559. The fourth-order valence-electron chi connectivity index (χ4n) is 1.77. The number of carbonyl (C=O) groups is 1. The Morgan fingerprint density at radius 3 is 2.17 bits per heavy atom. The number of carbonyl (C=O) groups excluding carboxylic acids is 1. The molecule has 18 heavy (non-hydrogen) atoms. The average Bonchev–Trinajstić information content (AvgIpc) is 2.39. The topological polar surface area (TPSA) is 17.1 Å². The van der Waals surface area contributed by atoms with Gasteiger partial charge in [0.15, 0.2) is 0 Å². The van der Waals surface area contributed by atoms with Crippen LogP contribution in [0.4, 0.5) is 8.78 Å². The van der Waals surface area contributed by atoms with E-state index in [0.717, 1.165) is 23.0 Å². The van der Waals surface area contributed by atoms with Gasteiger partial charge in [-0.25, -0.2) is 8.78 Å². The summed E-state index contributed by atoms with van der Waals surface area (Å²) in [7, 11) is 0. The Hall–Kier alpha value is -2.03. The van der Waals surface area contributed by atoms with Crippen molar-refractivity contribution in [1.29, 1.82) is 0 Å². The SMILES string of the molecule is Cc1ccc(-c2ccc(C(F)F)cc2)cc1C=O. The van der Waals surface area contributed by atoms with Gasteiger partial charge in [0.2, 0.25) is 0 Å². The highest BCUT2D eigenvalue weighted by atomic mass is 19.3. The maximum Gasteiger partial charge on any atom is 0.263 e. The molecule has 0 unspecified atom stereocenters. The summed E-state index contributed by atoms with van der Waals surface area (Å²) >= 11 is 0. The molecule has 0 aliphatic carbocycles. The molecule has 0 spiro atoms. The smallest absolute Gasteiger partial charge is 0.263 e. The number of alkyl halides is 2. The van der Waals surface area contributed by atoms with Crippen LogP contribution in [-0.2, 0) is 0 Å². The minimum absolute atomic E-state index is 0.00136. The Balaban J connectivity index is 2.39. The minimum Gasteiger partial charge on any atom is -0.298 e. The van der Waals surface area contributed by atoms with Gasteiger partial charge in [0, 0.05) is 11.1 Å². The van der Waals surface area contributed by atoms with Gasteiger partial charge in [-0.1, -0.05) is 36.4 Å². The zero-order chi connectivity index (χ0) is 13.1. The number of rotatable bonds is 3. The van der Waals surface area contributed by atoms with Gasteiger partial charge in [-0.05, 0) is 29.7 Å². The maximum absolute atomic E-state index is 12.4. The van der Waals surface area contributed by atoms with E-state index >= 15 is 0 Å². The molecule has 0 aromatic heterocycles. The summed E-state index contributed by atoms with van der Waals surface area (Å²) in [5.41, 5.74) is 3.19. The van der Waals surface area contributed by atoms with Gasteiger partial charge < -0.3 is 0 Å². The number of hydrogen-bond donors (Lipinski definition) is 0. The van der Waals surface area contributed by atoms with E-state index in [1.54, 1.807) is 18.2 Å². The van der Waals surface area contributed by atoms with Gasteiger partial charge in [-0.15, -0.1) is 0 Å².